The molecule has 0 bridgehead atoms. The van der Waals surface area contributed by atoms with E-state index in [2.05, 4.69) is 0 Å². The van der Waals surface area contributed by atoms with Gasteiger partial charge < -0.3 is 4.90 Å². The molecule has 2 fully saturated rings. The molecule has 2 aliphatic rings. The Bertz CT molecular complexity index is 205. The number of carbonyl (C=O) groups is 1. The van der Waals surface area contributed by atoms with Crippen LogP contribution in [-0.4, -0.2) is 29.3 Å². The molecule has 2 rings (SSSR count). The summed E-state index contributed by atoms with van der Waals surface area (Å²) in [5.74, 6) is -2.73. The average Bonchev–Trinajstić information content (AvgIpc) is 2.31. The van der Waals surface area contributed by atoms with Crippen LogP contribution in [0.3, 0.4) is 0 Å². The quantitative estimate of drug-likeness (QED) is 0.519. The summed E-state index contributed by atoms with van der Waals surface area (Å²) in [7, 11) is 0. The van der Waals surface area contributed by atoms with Crippen LogP contribution in [0.4, 0.5) is 8.78 Å². The average molecular weight is 161 g/mol. The zero-order valence-corrected chi connectivity index (χ0v) is 6.02. The molecule has 0 unspecified atom stereocenters. The predicted octanol–water partition coefficient (Wildman–Crippen LogP) is 1.02. The summed E-state index contributed by atoms with van der Waals surface area (Å²) in [5, 5.41) is 0. The maximum atomic E-state index is 12.6. The van der Waals surface area contributed by atoms with Crippen LogP contribution in [0.2, 0.25) is 0 Å². The summed E-state index contributed by atoms with van der Waals surface area (Å²) in [4.78, 5) is 12.3. The van der Waals surface area contributed by atoms with E-state index in [0.717, 1.165) is 0 Å². The second-order valence-electron chi connectivity index (χ2n) is 3.27. The van der Waals surface area contributed by atoms with E-state index in [0.29, 0.717) is 12.8 Å². The number of amides is 1. The Kier molecular flexibility index (Phi) is 1.23. The number of hydrogen-bond acceptors (Lipinski definition) is 1. The first-order valence-corrected chi connectivity index (χ1v) is 3.76. The topological polar surface area (TPSA) is 20.3 Å². The first kappa shape index (κ1) is 7.00. The second-order valence-corrected chi connectivity index (χ2v) is 3.27. The van der Waals surface area contributed by atoms with Gasteiger partial charge in [-0.05, 0) is 6.42 Å². The number of halogens is 2. The summed E-state index contributed by atoms with van der Waals surface area (Å²) in [6.07, 6.45) is 0.952. The smallest absolute Gasteiger partial charge is 0.267 e. The van der Waals surface area contributed by atoms with Crippen molar-refractivity contribution in [1.82, 2.24) is 4.90 Å². The minimum atomic E-state index is -2.62. The Morgan fingerprint density at radius 2 is 2.27 bits per heavy atom. The minimum Gasteiger partial charge on any atom is -0.333 e. The van der Waals surface area contributed by atoms with Gasteiger partial charge in [0.15, 0.2) is 0 Å². The molecule has 2 aliphatic heterocycles. The minimum absolute atomic E-state index is 0.104. The summed E-state index contributed by atoms with van der Waals surface area (Å²) in [5.41, 5.74) is 0. The molecule has 0 aromatic carbocycles. The summed E-state index contributed by atoms with van der Waals surface area (Å²) >= 11 is 0. The van der Waals surface area contributed by atoms with Crippen LogP contribution < -0.4 is 0 Å². The first-order chi connectivity index (χ1) is 5.08. The fraction of sp³-hybridized carbons (Fsp3) is 0.857. The third kappa shape index (κ3) is 1.01. The van der Waals surface area contributed by atoms with Crippen molar-refractivity contribution in [1.29, 1.82) is 0 Å². The molecule has 0 saturated carbocycles. The van der Waals surface area contributed by atoms with Gasteiger partial charge >= 0.3 is 0 Å². The van der Waals surface area contributed by atoms with Gasteiger partial charge in [-0.1, -0.05) is 0 Å². The van der Waals surface area contributed by atoms with E-state index in [9.17, 15) is 13.6 Å². The third-order valence-electron chi connectivity index (χ3n) is 2.39. The van der Waals surface area contributed by atoms with E-state index in [-0.39, 0.29) is 24.9 Å². The monoisotopic (exact) mass is 161 g/mol. The molecular formula is C7H9F2NO. The van der Waals surface area contributed by atoms with Gasteiger partial charge in [0, 0.05) is 18.9 Å². The number of fused-ring (bicyclic) bond motifs is 1. The highest BCUT2D eigenvalue weighted by Gasteiger charge is 2.49. The van der Waals surface area contributed by atoms with Crippen molar-refractivity contribution >= 4 is 5.91 Å². The lowest BCUT2D eigenvalue weighted by Crippen LogP contribution is -2.29. The SMILES string of the molecule is O=C1CC[C@H]2CC(F)(F)CN12. The van der Waals surface area contributed by atoms with E-state index in [4.69, 9.17) is 0 Å². The largest absolute Gasteiger partial charge is 0.333 e. The molecule has 0 radical (unpaired) electrons. The van der Waals surface area contributed by atoms with Crippen LogP contribution >= 0.6 is 0 Å². The molecule has 0 aromatic heterocycles. The summed E-state index contributed by atoms with van der Waals surface area (Å²) < 4.78 is 25.3. The molecule has 0 N–H and O–H groups in total. The highest BCUT2D eigenvalue weighted by Crippen LogP contribution is 2.37. The van der Waals surface area contributed by atoms with E-state index >= 15 is 0 Å². The maximum Gasteiger partial charge on any atom is 0.267 e. The molecule has 2 nitrogen and oxygen atoms in total. The molecule has 2 heterocycles. The number of hydrogen-bond donors (Lipinski definition) is 0. The Morgan fingerprint density at radius 1 is 1.55 bits per heavy atom. The normalized spacial score (nSPS) is 34.5. The molecule has 0 aromatic rings. The van der Waals surface area contributed by atoms with Crippen molar-refractivity contribution in [2.75, 3.05) is 6.54 Å². The van der Waals surface area contributed by atoms with Gasteiger partial charge in [0.1, 0.15) is 0 Å². The van der Waals surface area contributed by atoms with Gasteiger partial charge in [-0.15, -0.1) is 0 Å². The maximum absolute atomic E-state index is 12.6. The Morgan fingerprint density at radius 3 is 2.91 bits per heavy atom. The molecule has 0 aliphatic carbocycles. The van der Waals surface area contributed by atoms with E-state index in [1.54, 1.807) is 0 Å². The first-order valence-electron chi connectivity index (χ1n) is 3.76. The summed E-state index contributed by atoms with van der Waals surface area (Å²) in [6.45, 7) is -0.351. The van der Waals surface area contributed by atoms with Gasteiger partial charge in [-0.3, -0.25) is 4.79 Å². The molecule has 62 valence electrons. The molecular weight excluding hydrogens is 152 g/mol. The van der Waals surface area contributed by atoms with Gasteiger partial charge in [0.2, 0.25) is 5.91 Å². The van der Waals surface area contributed by atoms with Gasteiger partial charge in [0.25, 0.3) is 5.92 Å². The van der Waals surface area contributed by atoms with Gasteiger partial charge in [0.05, 0.1) is 6.54 Å². The van der Waals surface area contributed by atoms with Crippen LogP contribution in [0.15, 0.2) is 0 Å². The number of alkyl halides is 2. The third-order valence-corrected chi connectivity index (χ3v) is 2.39. The number of rotatable bonds is 0. The van der Waals surface area contributed by atoms with Crippen molar-refractivity contribution in [3.63, 3.8) is 0 Å². The van der Waals surface area contributed by atoms with Crippen molar-refractivity contribution in [2.45, 2.75) is 31.2 Å². The zero-order valence-electron chi connectivity index (χ0n) is 6.02. The van der Waals surface area contributed by atoms with Crippen molar-refractivity contribution in [3.05, 3.63) is 0 Å². The van der Waals surface area contributed by atoms with E-state index < -0.39 is 5.92 Å². The lowest BCUT2D eigenvalue weighted by atomic mass is 10.1. The molecule has 11 heavy (non-hydrogen) atoms. The van der Waals surface area contributed by atoms with Crippen LogP contribution in [0.1, 0.15) is 19.3 Å². The van der Waals surface area contributed by atoms with Crippen LogP contribution in [0.25, 0.3) is 0 Å². The Labute approximate surface area is 63.2 Å². The van der Waals surface area contributed by atoms with E-state index in [1.807, 2.05) is 0 Å². The van der Waals surface area contributed by atoms with Crippen LogP contribution in [0, 0.1) is 0 Å². The molecule has 4 heteroatoms. The fourth-order valence-corrected chi connectivity index (χ4v) is 1.88. The van der Waals surface area contributed by atoms with Crippen LogP contribution in [-0.2, 0) is 4.79 Å². The second kappa shape index (κ2) is 1.93. The lowest BCUT2D eigenvalue weighted by Gasteiger charge is -2.13. The fourth-order valence-electron chi connectivity index (χ4n) is 1.88. The highest BCUT2D eigenvalue weighted by molar-refractivity contribution is 5.79. The van der Waals surface area contributed by atoms with Gasteiger partial charge in [-0.25, -0.2) is 8.78 Å². The summed E-state index contributed by atoms with van der Waals surface area (Å²) in [6, 6.07) is -0.169. The lowest BCUT2D eigenvalue weighted by molar-refractivity contribution is -0.129. The Hall–Kier alpha value is -0.670. The Balaban J connectivity index is 2.16. The molecule has 1 atom stereocenters. The van der Waals surface area contributed by atoms with Crippen molar-refractivity contribution < 1.29 is 13.6 Å². The zero-order chi connectivity index (χ0) is 8.06. The van der Waals surface area contributed by atoms with Crippen molar-refractivity contribution in [3.8, 4) is 0 Å². The predicted molar refractivity (Wildman–Crippen MR) is 34.3 cm³/mol. The van der Waals surface area contributed by atoms with Crippen molar-refractivity contribution in [2.24, 2.45) is 0 Å². The molecule has 2 saturated heterocycles. The molecule has 0 spiro atoms. The van der Waals surface area contributed by atoms with E-state index in [1.165, 1.54) is 4.90 Å². The number of nitrogens with zero attached hydrogens (tertiary/aromatic N) is 1. The van der Waals surface area contributed by atoms with Gasteiger partial charge in [-0.2, -0.15) is 0 Å². The standard InChI is InChI=1S/C7H9F2NO/c8-7(9)3-5-1-2-6(11)10(5)4-7/h5H,1-4H2/t5-/m0/s1. The van der Waals surface area contributed by atoms with Crippen LogP contribution in [0.5, 0.6) is 0 Å². The number of carbonyl (C=O) groups excluding carboxylic acids is 1. The highest BCUT2D eigenvalue weighted by atomic mass is 19.3. The molecule has 1 amide bonds.